The first-order valence-corrected chi connectivity index (χ1v) is 8.77. The molecule has 1 N–H and O–H groups in total. The second-order valence-corrected chi connectivity index (χ2v) is 7.69. The largest absolute Gasteiger partial charge is 0.497 e. The topological polar surface area (TPSA) is 63.6 Å². The summed E-state index contributed by atoms with van der Waals surface area (Å²) in [5.41, 5.74) is 1.08. The molecule has 1 fully saturated rings. The molecule has 1 saturated heterocycles. The molecular formula is C15H22O4S. The Bertz CT molecular complexity index is 521. The van der Waals surface area contributed by atoms with Gasteiger partial charge in [-0.05, 0) is 43.4 Å². The third-order valence-electron chi connectivity index (χ3n) is 3.95. The maximum atomic E-state index is 11.9. The van der Waals surface area contributed by atoms with Crippen LogP contribution in [0.25, 0.3) is 0 Å². The van der Waals surface area contributed by atoms with Crippen LogP contribution in [0.3, 0.4) is 0 Å². The number of ether oxygens (including phenoxy) is 1. The van der Waals surface area contributed by atoms with Crippen LogP contribution in [0.2, 0.25) is 0 Å². The lowest BCUT2D eigenvalue weighted by atomic mass is 10.0. The highest BCUT2D eigenvalue weighted by atomic mass is 32.2. The quantitative estimate of drug-likeness (QED) is 0.902. The van der Waals surface area contributed by atoms with Gasteiger partial charge in [-0.25, -0.2) is 8.42 Å². The smallest absolute Gasteiger partial charge is 0.155 e. The summed E-state index contributed by atoms with van der Waals surface area (Å²) in [6, 6.07) is 7.64. The summed E-state index contributed by atoms with van der Waals surface area (Å²) in [4.78, 5) is 0. The number of aliphatic hydroxyl groups excluding tert-OH is 1. The number of hydrogen-bond acceptors (Lipinski definition) is 4. The van der Waals surface area contributed by atoms with Gasteiger partial charge in [0.1, 0.15) is 5.75 Å². The summed E-state index contributed by atoms with van der Waals surface area (Å²) in [6.07, 6.45) is 2.61. The molecule has 1 aromatic rings. The number of methoxy groups -OCH3 is 1. The van der Waals surface area contributed by atoms with E-state index in [1.165, 1.54) is 0 Å². The predicted octanol–water partition coefficient (Wildman–Crippen LogP) is 1.96. The lowest BCUT2D eigenvalue weighted by Gasteiger charge is -2.26. The number of sulfone groups is 1. The van der Waals surface area contributed by atoms with Gasteiger partial charge < -0.3 is 9.84 Å². The van der Waals surface area contributed by atoms with Crippen LogP contribution in [0.1, 0.15) is 31.2 Å². The fourth-order valence-corrected chi connectivity index (χ4v) is 4.75. The van der Waals surface area contributed by atoms with Crippen molar-refractivity contribution in [3.63, 3.8) is 0 Å². The minimum absolute atomic E-state index is 0.220. The van der Waals surface area contributed by atoms with Gasteiger partial charge in [0.05, 0.1) is 24.2 Å². The Labute approximate surface area is 120 Å². The van der Waals surface area contributed by atoms with E-state index in [-0.39, 0.29) is 5.75 Å². The van der Waals surface area contributed by atoms with Gasteiger partial charge >= 0.3 is 0 Å². The van der Waals surface area contributed by atoms with Crippen LogP contribution < -0.4 is 4.74 Å². The van der Waals surface area contributed by atoms with Gasteiger partial charge in [-0.1, -0.05) is 18.6 Å². The van der Waals surface area contributed by atoms with Crippen LogP contribution in [-0.4, -0.2) is 37.7 Å². The van der Waals surface area contributed by atoms with Gasteiger partial charge in [-0.15, -0.1) is 0 Å². The fourth-order valence-electron chi connectivity index (χ4n) is 2.70. The molecule has 5 heteroatoms. The molecule has 0 aromatic heterocycles. The zero-order valence-corrected chi connectivity index (χ0v) is 12.6. The molecule has 0 saturated carbocycles. The van der Waals surface area contributed by atoms with E-state index >= 15 is 0 Å². The van der Waals surface area contributed by atoms with Crippen molar-refractivity contribution in [1.82, 2.24) is 0 Å². The van der Waals surface area contributed by atoms with Crippen LogP contribution in [0.5, 0.6) is 5.75 Å². The lowest BCUT2D eigenvalue weighted by Crippen LogP contribution is -2.38. The molecule has 1 aliphatic heterocycles. The Morgan fingerprint density at radius 1 is 1.30 bits per heavy atom. The maximum absolute atomic E-state index is 11.9. The molecule has 1 aromatic carbocycles. The molecule has 20 heavy (non-hydrogen) atoms. The summed E-state index contributed by atoms with van der Waals surface area (Å²) in [5.74, 6) is 1.02. The molecule has 0 aliphatic carbocycles. The van der Waals surface area contributed by atoms with E-state index in [9.17, 15) is 13.5 Å². The molecule has 112 valence electrons. The molecule has 0 spiro atoms. The number of rotatable bonds is 5. The first-order chi connectivity index (χ1) is 9.53. The van der Waals surface area contributed by atoms with E-state index in [2.05, 4.69) is 0 Å². The minimum Gasteiger partial charge on any atom is -0.497 e. The Kier molecular flexibility index (Phi) is 5.05. The van der Waals surface area contributed by atoms with E-state index in [1.54, 1.807) is 7.11 Å². The van der Waals surface area contributed by atoms with Gasteiger partial charge in [-0.3, -0.25) is 0 Å². The summed E-state index contributed by atoms with van der Waals surface area (Å²) in [5, 5.41) is 9.59. The molecule has 0 bridgehead atoms. The summed E-state index contributed by atoms with van der Waals surface area (Å²) in [6.45, 7) is 0. The number of hydrogen-bond donors (Lipinski definition) is 1. The number of aryl methyl sites for hydroxylation is 1. The Morgan fingerprint density at radius 2 is 2.00 bits per heavy atom. The standard InChI is InChI=1S/C15H22O4S/c1-19-13-8-5-12(6-9-13)7-10-14(16)15-4-2-3-11-20(15,17)18/h5-6,8-9,14-16H,2-4,7,10-11H2,1H3. The van der Waals surface area contributed by atoms with Crippen LogP contribution in [0.4, 0.5) is 0 Å². The minimum atomic E-state index is -3.11. The van der Waals surface area contributed by atoms with Crippen LogP contribution in [0.15, 0.2) is 24.3 Å². The van der Waals surface area contributed by atoms with E-state index in [0.29, 0.717) is 19.3 Å². The highest BCUT2D eigenvalue weighted by Gasteiger charge is 2.34. The summed E-state index contributed by atoms with van der Waals surface area (Å²) >= 11 is 0. The molecule has 1 aliphatic rings. The zero-order valence-electron chi connectivity index (χ0n) is 11.8. The summed E-state index contributed by atoms with van der Waals surface area (Å²) < 4.78 is 29.0. The SMILES string of the molecule is COc1ccc(CCC(O)C2CCCCS2(=O)=O)cc1. The normalized spacial score (nSPS) is 23.2. The van der Waals surface area contributed by atoms with Crippen molar-refractivity contribution in [2.24, 2.45) is 0 Å². The fraction of sp³-hybridized carbons (Fsp3) is 0.600. The molecule has 2 rings (SSSR count). The van der Waals surface area contributed by atoms with Crippen molar-refractivity contribution in [3.8, 4) is 5.75 Å². The van der Waals surface area contributed by atoms with Crippen molar-refractivity contribution < 1.29 is 18.3 Å². The summed E-state index contributed by atoms with van der Waals surface area (Å²) in [7, 11) is -1.49. The Balaban J connectivity index is 1.92. The number of benzene rings is 1. The highest BCUT2D eigenvalue weighted by molar-refractivity contribution is 7.92. The number of aliphatic hydroxyl groups is 1. The van der Waals surface area contributed by atoms with Crippen molar-refractivity contribution >= 4 is 9.84 Å². The van der Waals surface area contributed by atoms with E-state index < -0.39 is 21.2 Å². The van der Waals surface area contributed by atoms with Gasteiger partial charge in [-0.2, -0.15) is 0 Å². The lowest BCUT2D eigenvalue weighted by molar-refractivity contribution is 0.152. The Morgan fingerprint density at radius 3 is 2.60 bits per heavy atom. The van der Waals surface area contributed by atoms with Crippen molar-refractivity contribution in [3.05, 3.63) is 29.8 Å². The molecule has 0 radical (unpaired) electrons. The van der Waals surface area contributed by atoms with E-state index in [4.69, 9.17) is 4.74 Å². The van der Waals surface area contributed by atoms with Crippen molar-refractivity contribution in [2.45, 2.75) is 43.5 Å². The van der Waals surface area contributed by atoms with E-state index in [0.717, 1.165) is 24.2 Å². The predicted molar refractivity (Wildman–Crippen MR) is 78.7 cm³/mol. The third kappa shape index (κ3) is 3.73. The van der Waals surface area contributed by atoms with Crippen LogP contribution in [-0.2, 0) is 16.3 Å². The molecule has 4 nitrogen and oxygen atoms in total. The molecule has 2 atom stereocenters. The highest BCUT2D eigenvalue weighted by Crippen LogP contribution is 2.24. The average Bonchev–Trinajstić information content (AvgIpc) is 2.45. The first-order valence-electron chi connectivity index (χ1n) is 7.05. The molecule has 1 heterocycles. The molecule has 0 amide bonds. The van der Waals surface area contributed by atoms with Gasteiger partial charge in [0.25, 0.3) is 0 Å². The second kappa shape index (κ2) is 6.59. The molecular weight excluding hydrogens is 276 g/mol. The van der Waals surface area contributed by atoms with Gasteiger partial charge in [0, 0.05) is 0 Å². The maximum Gasteiger partial charge on any atom is 0.155 e. The van der Waals surface area contributed by atoms with Crippen LogP contribution in [0, 0.1) is 0 Å². The first kappa shape index (κ1) is 15.3. The second-order valence-electron chi connectivity index (χ2n) is 5.36. The third-order valence-corrected chi connectivity index (χ3v) is 6.28. The van der Waals surface area contributed by atoms with Gasteiger partial charge in [0.2, 0.25) is 0 Å². The molecule has 2 unspecified atom stereocenters. The van der Waals surface area contributed by atoms with Crippen molar-refractivity contribution in [2.75, 3.05) is 12.9 Å². The average molecular weight is 298 g/mol. The Hall–Kier alpha value is -1.07. The van der Waals surface area contributed by atoms with Gasteiger partial charge in [0.15, 0.2) is 9.84 Å². The van der Waals surface area contributed by atoms with Crippen LogP contribution >= 0.6 is 0 Å². The van der Waals surface area contributed by atoms with Crippen molar-refractivity contribution in [1.29, 1.82) is 0 Å². The van der Waals surface area contributed by atoms with E-state index in [1.807, 2.05) is 24.3 Å². The monoisotopic (exact) mass is 298 g/mol. The zero-order chi connectivity index (χ0) is 14.6.